The summed E-state index contributed by atoms with van der Waals surface area (Å²) in [7, 11) is 3.33. The molecule has 1 aromatic heterocycles. The van der Waals surface area contributed by atoms with E-state index in [1.807, 2.05) is 24.3 Å². The predicted octanol–water partition coefficient (Wildman–Crippen LogP) is 1.70. The molecule has 1 atom stereocenters. The molecule has 1 saturated heterocycles. The molecular weight excluding hydrogens is 370 g/mol. The zero-order valence-corrected chi connectivity index (χ0v) is 17.1. The van der Waals surface area contributed by atoms with Crippen molar-refractivity contribution < 1.29 is 14.6 Å². The Bertz CT molecular complexity index is 835. The van der Waals surface area contributed by atoms with Crippen LogP contribution >= 0.6 is 0 Å². The normalized spacial score (nSPS) is 17.6. The number of hydrogen-bond donors (Lipinski definition) is 1. The van der Waals surface area contributed by atoms with Gasteiger partial charge in [0, 0.05) is 32.2 Å². The third kappa shape index (κ3) is 5.42. The first-order chi connectivity index (χ1) is 14.1. The van der Waals surface area contributed by atoms with Crippen molar-refractivity contribution in [3.63, 3.8) is 0 Å². The van der Waals surface area contributed by atoms with Crippen LogP contribution in [0.15, 0.2) is 36.5 Å². The molecular formula is C21H29N5O3. The van der Waals surface area contributed by atoms with Crippen molar-refractivity contribution in [1.82, 2.24) is 24.8 Å². The van der Waals surface area contributed by atoms with Crippen LogP contribution < -0.4 is 4.74 Å². The number of methoxy groups -OCH3 is 1. The van der Waals surface area contributed by atoms with E-state index in [-0.39, 0.29) is 25.1 Å². The molecule has 8 nitrogen and oxygen atoms in total. The minimum atomic E-state index is -0.224. The first-order valence-electron chi connectivity index (χ1n) is 9.92. The van der Waals surface area contributed by atoms with Crippen LogP contribution in [-0.2, 0) is 0 Å². The number of ether oxygens (including phenoxy) is 1. The van der Waals surface area contributed by atoms with Crippen LogP contribution in [0, 0.1) is 0 Å². The van der Waals surface area contributed by atoms with Crippen molar-refractivity contribution in [2.24, 2.45) is 0 Å². The molecule has 1 aliphatic heterocycles. The molecule has 8 heteroatoms. The minimum absolute atomic E-state index is 0.0731. The molecule has 2 aromatic rings. The zero-order valence-electron chi connectivity index (χ0n) is 17.1. The molecule has 1 fully saturated rings. The third-order valence-corrected chi connectivity index (χ3v) is 5.17. The number of carbonyl (C=O) groups excluding carboxylic acids is 1. The summed E-state index contributed by atoms with van der Waals surface area (Å²) in [5.41, 5.74) is 1.38. The average molecular weight is 399 g/mol. The Balaban J connectivity index is 1.58. The SMILES string of the molecule is COc1ccccc1/C=C/CN1CCCC(n2cc(C(=O)N(C)CCO)nn2)C1. The molecule has 1 aliphatic rings. The van der Waals surface area contributed by atoms with E-state index in [1.165, 1.54) is 4.90 Å². The number of carbonyl (C=O) groups is 1. The number of rotatable bonds is 8. The molecule has 1 unspecified atom stereocenters. The van der Waals surface area contributed by atoms with E-state index in [9.17, 15) is 4.79 Å². The molecule has 156 valence electrons. The summed E-state index contributed by atoms with van der Waals surface area (Å²) in [5, 5.41) is 17.2. The maximum absolute atomic E-state index is 12.3. The summed E-state index contributed by atoms with van der Waals surface area (Å²) < 4.78 is 7.19. The fourth-order valence-corrected chi connectivity index (χ4v) is 3.55. The van der Waals surface area contributed by atoms with Crippen LogP contribution in [0.3, 0.4) is 0 Å². The van der Waals surface area contributed by atoms with Gasteiger partial charge in [0.25, 0.3) is 5.91 Å². The largest absolute Gasteiger partial charge is 0.496 e. The van der Waals surface area contributed by atoms with Gasteiger partial charge in [-0.2, -0.15) is 0 Å². The van der Waals surface area contributed by atoms with Crippen molar-refractivity contribution in [2.75, 3.05) is 46.9 Å². The van der Waals surface area contributed by atoms with Crippen LogP contribution in [0.2, 0.25) is 0 Å². The monoisotopic (exact) mass is 399 g/mol. The van der Waals surface area contributed by atoms with Crippen molar-refractivity contribution >= 4 is 12.0 Å². The van der Waals surface area contributed by atoms with E-state index in [4.69, 9.17) is 9.84 Å². The van der Waals surface area contributed by atoms with E-state index >= 15 is 0 Å². The highest BCUT2D eigenvalue weighted by atomic mass is 16.5. The topological polar surface area (TPSA) is 83.7 Å². The molecule has 1 amide bonds. The van der Waals surface area contributed by atoms with Gasteiger partial charge < -0.3 is 14.7 Å². The lowest BCUT2D eigenvalue weighted by atomic mass is 10.1. The van der Waals surface area contributed by atoms with E-state index in [0.29, 0.717) is 5.69 Å². The molecule has 0 spiro atoms. The van der Waals surface area contributed by atoms with E-state index < -0.39 is 0 Å². The first kappa shape index (κ1) is 21.0. The Morgan fingerprint density at radius 3 is 3.03 bits per heavy atom. The molecule has 0 saturated carbocycles. The van der Waals surface area contributed by atoms with Gasteiger partial charge in [-0.3, -0.25) is 9.69 Å². The van der Waals surface area contributed by atoms with Crippen LogP contribution in [0.4, 0.5) is 0 Å². The van der Waals surface area contributed by atoms with Gasteiger partial charge in [-0.25, -0.2) is 4.68 Å². The fourth-order valence-electron chi connectivity index (χ4n) is 3.55. The number of para-hydroxylation sites is 1. The fraction of sp³-hybridized carbons (Fsp3) is 0.476. The summed E-state index contributed by atoms with van der Waals surface area (Å²) in [6.45, 7) is 2.94. The molecule has 0 aliphatic carbocycles. The highest BCUT2D eigenvalue weighted by molar-refractivity contribution is 5.91. The lowest BCUT2D eigenvalue weighted by Crippen LogP contribution is -2.36. The number of hydrogen-bond acceptors (Lipinski definition) is 6. The van der Waals surface area contributed by atoms with Gasteiger partial charge in [0.15, 0.2) is 5.69 Å². The molecule has 1 N–H and O–H groups in total. The Kier molecular flexibility index (Phi) is 7.37. The van der Waals surface area contributed by atoms with Gasteiger partial charge in [0.1, 0.15) is 5.75 Å². The number of aliphatic hydroxyl groups is 1. The summed E-state index contributed by atoms with van der Waals surface area (Å²) in [5.74, 6) is 0.643. The second kappa shape index (κ2) is 10.2. The van der Waals surface area contributed by atoms with E-state index in [1.54, 1.807) is 25.0 Å². The van der Waals surface area contributed by atoms with E-state index in [0.717, 1.165) is 43.8 Å². The molecule has 0 radical (unpaired) electrons. The first-order valence-corrected chi connectivity index (χ1v) is 9.92. The Hall–Kier alpha value is -2.71. The Morgan fingerprint density at radius 1 is 1.41 bits per heavy atom. The maximum Gasteiger partial charge on any atom is 0.275 e. The van der Waals surface area contributed by atoms with Crippen LogP contribution in [-0.4, -0.2) is 82.8 Å². The van der Waals surface area contributed by atoms with Crippen LogP contribution in [0.5, 0.6) is 5.75 Å². The number of piperidine rings is 1. The van der Waals surface area contributed by atoms with E-state index in [2.05, 4.69) is 27.4 Å². The lowest BCUT2D eigenvalue weighted by Gasteiger charge is -2.31. The van der Waals surface area contributed by atoms with Gasteiger partial charge >= 0.3 is 0 Å². The number of likely N-dealkylation sites (tertiary alicyclic amines) is 1. The molecule has 29 heavy (non-hydrogen) atoms. The number of nitrogens with zero attached hydrogens (tertiary/aromatic N) is 5. The summed E-state index contributed by atoms with van der Waals surface area (Å²) >= 11 is 0. The van der Waals surface area contributed by atoms with Crippen molar-refractivity contribution in [3.8, 4) is 5.75 Å². The summed E-state index contributed by atoms with van der Waals surface area (Å²) in [6.07, 6.45) is 8.04. The van der Waals surface area contributed by atoms with Crippen molar-refractivity contribution in [1.29, 1.82) is 0 Å². The summed E-state index contributed by atoms with van der Waals surface area (Å²) in [4.78, 5) is 16.1. The van der Waals surface area contributed by atoms with Crippen molar-refractivity contribution in [3.05, 3.63) is 47.8 Å². The molecule has 1 aromatic carbocycles. The van der Waals surface area contributed by atoms with Gasteiger partial charge in [-0.15, -0.1) is 5.10 Å². The van der Waals surface area contributed by atoms with Gasteiger partial charge in [-0.1, -0.05) is 35.6 Å². The highest BCUT2D eigenvalue weighted by Crippen LogP contribution is 2.22. The second-order valence-corrected chi connectivity index (χ2v) is 7.23. The molecule has 3 rings (SSSR count). The minimum Gasteiger partial charge on any atom is -0.496 e. The standard InChI is InChI=1S/C21H29N5O3/c1-24(13-14-27)21(28)19-16-26(23-22-19)18-9-6-12-25(15-18)11-5-8-17-7-3-4-10-20(17)29-2/h3-5,7-8,10,16,18,27H,6,9,11-15H2,1-2H3/b8-5+. The van der Waals surface area contributed by atoms with Crippen molar-refractivity contribution in [2.45, 2.75) is 18.9 Å². The van der Waals surface area contributed by atoms with Crippen LogP contribution in [0.25, 0.3) is 6.08 Å². The quantitative estimate of drug-likeness (QED) is 0.727. The summed E-state index contributed by atoms with van der Waals surface area (Å²) in [6, 6.07) is 8.15. The number of aliphatic hydroxyl groups excluding tert-OH is 1. The lowest BCUT2D eigenvalue weighted by molar-refractivity contribution is 0.0761. The molecule has 0 bridgehead atoms. The third-order valence-electron chi connectivity index (χ3n) is 5.17. The van der Waals surface area contributed by atoms with Gasteiger partial charge in [0.2, 0.25) is 0 Å². The predicted molar refractivity (Wildman–Crippen MR) is 111 cm³/mol. The Morgan fingerprint density at radius 2 is 2.24 bits per heavy atom. The zero-order chi connectivity index (χ0) is 20.6. The maximum atomic E-state index is 12.3. The number of amides is 1. The van der Waals surface area contributed by atoms with Crippen LogP contribution in [0.1, 0.15) is 34.9 Å². The van der Waals surface area contributed by atoms with Gasteiger partial charge in [-0.05, 0) is 25.5 Å². The number of benzene rings is 1. The average Bonchev–Trinajstić information content (AvgIpc) is 3.24. The second-order valence-electron chi connectivity index (χ2n) is 7.23. The number of aromatic nitrogens is 3. The Labute approximate surface area is 171 Å². The molecule has 2 heterocycles. The number of likely N-dealkylation sites (N-methyl/N-ethyl adjacent to an activating group) is 1. The smallest absolute Gasteiger partial charge is 0.275 e. The van der Waals surface area contributed by atoms with Gasteiger partial charge in [0.05, 0.1) is 26.0 Å². The highest BCUT2D eigenvalue weighted by Gasteiger charge is 2.23.